The average molecular weight is 251 g/mol. The number of nitrogens with zero attached hydrogens (tertiary/aromatic N) is 1. The molecule has 0 radical (unpaired) electrons. The molecule has 2 atom stereocenters. The number of rotatable bonds is 4. The van der Waals surface area contributed by atoms with Crippen LogP contribution in [0.3, 0.4) is 0 Å². The molecule has 0 aromatic heterocycles. The van der Waals surface area contributed by atoms with Gasteiger partial charge in [-0.3, -0.25) is 4.79 Å². The van der Waals surface area contributed by atoms with Crippen molar-refractivity contribution in [3.05, 3.63) is 0 Å². The smallest absolute Gasteiger partial charge is 0.251 e. The number of ether oxygens (including phenoxy) is 1. The molecule has 1 aliphatic rings. The first kappa shape index (κ1) is 15.7. The summed E-state index contributed by atoms with van der Waals surface area (Å²) in [7, 11) is 1.59. The van der Waals surface area contributed by atoms with Gasteiger partial charge in [0.1, 0.15) is 6.10 Å². The third kappa shape index (κ3) is 3.61. The highest BCUT2D eigenvalue weighted by Crippen LogP contribution is 2.18. The first-order valence-electron chi connectivity index (χ1n) is 5.77. The van der Waals surface area contributed by atoms with Gasteiger partial charge in [-0.2, -0.15) is 0 Å². The summed E-state index contributed by atoms with van der Waals surface area (Å²) >= 11 is 0. The standard InChI is InChI=1S/C11H22N2O2.ClH/c1-3-10(15-2)11(14)13-7-5-4-6-9(13)8-12;/h9-10H,3-8,12H2,1-2H3;1H. The molecular weight excluding hydrogens is 228 g/mol. The van der Waals surface area contributed by atoms with Crippen LogP contribution in [0.1, 0.15) is 32.6 Å². The van der Waals surface area contributed by atoms with Crippen LogP contribution in [0.4, 0.5) is 0 Å². The van der Waals surface area contributed by atoms with E-state index < -0.39 is 0 Å². The maximum absolute atomic E-state index is 12.1. The van der Waals surface area contributed by atoms with Gasteiger partial charge in [0.05, 0.1) is 0 Å². The summed E-state index contributed by atoms with van der Waals surface area (Å²) in [6.07, 6.45) is 3.72. The average Bonchev–Trinajstić information content (AvgIpc) is 2.30. The Labute approximate surface area is 104 Å². The maximum atomic E-state index is 12.1. The molecule has 0 bridgehead atoms. The van der Waals surface area contributed by atoms with Crippen LogP contribution in [-0.4, -0.2) is 43.2 Å². The van der Waals surface area contributed by atoms with Crippen molar-refractivity contribution in [3.8, 4) is 0 Å². The zero-order chi connectivity index (χ0) is 11.3. The van der Waals surface area contributed by atoms with Crippen LogP contribution in [0.2, 0.25) is 0 Å². The molecular formula is C11H23ClN2O2. The van der Waals surface area contributed by atoms with Gasteiger partial charge >= 0.3 is 0 Å². The van der Waals surface area contributed by atoms with E-state index in [9.17, 15) is 4.79 Å². The van der Waals surface area contributed by atoms with Gasteiger partial charge in [-0.05, 0) is 25.7 Å². The van der Waals surface area contributed by atoms with E-state index in [1.807, 2.05) is 11.8 Å². The molecule has 1 aliphatic heterocycles. The Kier molecular flexibility index (Phi) is 7.72. The molecule has 1 heterocycles. The van der Waals surface area contributed by atoms with Crippen LogP contribution in [-0.2, 0) is 9.53 Å². The third-order valence-electron chi connectivity index (χ3n) is 3.11. The summed E-state index contributed by atoms with van der Waals surface area (Å²) in [6.45, 7) is 3.36. The molecule has 4 nitrogen and oxygen atoms in total. The van der Waals surface area contributed by atoms with Gasteiger partial charge in [-0.15, -0.1) is 12.4 Å². The van der Waals surface area contributed by atoms with Crippen LogP contribution in [0, 0.1) is 0 Å². The number of halogens is 1. The number of likely N-dealkylation sites (tertiary alicyclic amines) is 1. The summed E-state index contributed by atoms with van der Waals surface area (Å²) in [5, 5.41) is 0. The number of carbonyl (C=O) groups excluding carboxylic acids is 1. The molecule has 2 N–H and O–H groups in total. The molecule has 0 saturated carbocycles. The molecule has 5 heteroatoms. The fraction of sp³-hybridized carbons (Fsp3) is 0.909. The predicted molar refractivity (Wildman–Crippen MR) is 66.7 cm³/mol. The molecule has 2 unspecified atom stereocenters. The molecule has 0 aliphatic carbocycles. The van der Waals surface area contributed by atoms with E-state index in [1.54, 1.807) is 7.11 Å². The number of piperidine rings is 1. The predicted octanol–water partition coefficient (Wildman–Crippen LogP) is 1.17. The molecule has 16 heavy (non-hydrogen) atoms. The zero-order valence-corrected chi connectivity index (χ0v) is 11.0. The lowest BCUT2D eigenvalue weighted by Crippen LogP contribution is -2.51. The second-order valence-electron chi connectivity index (χ2n) is 4.05. The number of nitrogens with two attached hydrogens (primary N) is 1. The lowest BCUT2D eigenvalue weighted by molar-refractivity contribution is -0.145. The normalized spacial score (nSPS) is 22.4. The highest BCUT2D eigenvalue weighted by atomic mass is 35.5. The zero-order valence-electron chi connectivity index (χ0n) is 10.1. The van der Waals surface area contributed by atoms with E-state index in [0.29, 0.717) is 6.54 Å². The second kappa shape index (κ2) is 7.87. The van der Waals surface area contributed by atoms with Gasteiger partial charge in [0.2, 0.25) is 0 Å². The molecule has 96 valence electrons. The Balaban J connectivity index is 0.00000225. The van der Waals surface area contributed by atoms with Crippen LogP contribution >= 0.6 is 12.4 Å². The molecule has 0 spiro atoms. The molecule has 1 amide bonds. The number of methoxy groups -OCH3 is 1. The van der Waals surface area contributed by atoms with Crippen molar-refractivity contribution < 1.29 is 9.53 Å². The summed E-state index contributed by atoms with van der Waals surface area (Å²) in [5.74, 6) is 0.107. The van der Waals surface area contributed by atoms with Gasteiger partial charge in [-0.25, -0.2) is 0 Å². The van der Waals surface area contributed by atoms with E-state index in [-0.39, 0.29) is 30.5 Å². The number of hydrogen-bond acceptors (Lipinski definition) is 3. The van der Waals surface area contributed by atoms with Gasteiger partial charge < -0.3 is 15.4 Å². The van der Waals surface area contributed by atoms with Crippen molar-refractivity contribution in [2.75, 3.05) is 20.2 Å². The second-order valence-corrected chi connectivity index (χ2v) is 4.05. The number of amides is 1. The van der Waals surface area contributed by atoms with E-state index in [4.69, 9.17) is 10.5 Å². The van der Waals surface area contributed by atoms with Crippen molar-refractivity contribution in [1.82, 2.24) is 4.90 Å². The highest BCUT2D eigenvalue weighted by Gasteiger charge is 2.29. The first-order valence-corrected chi connectivity index (χ1v) is 5.77. The van der Waals surface area contributed by atoms with E-state index >= 15 is 0 Å². The summed E-state index contributed by atoms with van der Waals surface area (Å²) < 4.78 is 5.18. The molecule has 1 rings (SSSR count). The Morgan fingerprint density at radius 3 is 2.75 bits per heavy atom. The van der Waals surface area contributed by atoms with Crippen molar-refractivity contribution in [1.29, 1.82) is 0 Å². The van der Waals surface area contributed by atoms with Crippen LogP contribution in [0.25, 0.3) is 0 Å². The van der Waals surface area contributed by atoms with Crippen LogP contribution < -0.4 is 5.73 Å². The van der Waals surface area contributed by atoms with Crippen molar-refractivity contribution in [2.45, 2.75) is 44.8 Å². The molecule has 0 aromatic carbocycles. The highest BCUT2D eigenvalue weighted by molar-refractivity contribution is 5.85. The van der Waals surface area contributed by atoms with Crippen molar-refractivity contribution in [3.63, 3.8) is 0 Å². The summed E-state index contributed by atoms with van der Waals surface area (Å²) in [6, 6.07) is 0.218. The number of hydrogen-bond donors (Lipinski definition) is 1. The van der Waals surface area contributed by atoms with E-state index in [2.05, 4.69) is 0 Å². The van der Waals surface area contributed by atoms with Crippen molar-refractivity contribution in [2.24, 2.45) is 5.73 Å². The number of carbonyl (C=O) groups is 1. The van der Waals surface area contributed by atoms with E-state index in [1.165, 1.54) is 6.42 Å². The SMILES string of the molecule is CCC(OC)C(=O)N1CCCCC1CN.Cl. The topological polar surface area (TPSA) is 55.6 Å². The lowest BCUT2D eigenvalue weighted by Gasteiger charge is -2.36. The van der Waals surface area contributed by atoms with Crippen LogP contribution in [0.15, 0.2) is 0 Å². The van der Waals surface area contributed by atoms with E-state index in [0.717, 1.165) is 25.8 Å². The van der Waals surface area contributed by atoms with Gasteiger partial charge in [-0.1, -0.05) is 6.92 Å². The largest absolute Gasteiger partial charge is 0.372 e. The fourth-order valence-corrected chi connectivity index (χ4v) is 2.16. The minimum atomic E-state index is -0.294. The summed E-state index contributed by atoms with van der Waals surface area (Å²) in [5.41, 5.74) is 5.68. The minimum Gasteiger partial charge on any atom is -0.372 e. The molecule has 1 fully saturated rings. The Morgan fingerprint density at radius 2 is 2.25 bits per heavy atom. The lowest BCUT2D eigenvalue weighted by atomic mass is 10.0. The fourth-order valence-electron chi connectivity index (χ4n) is 2.16. The van der Waals surface area contributed by atoms with Crippen molar-refractivity contribution >= 4 is 18.3 Å². The Morgan fingerprint density at radius 1 is 1.56 bits per heavy atom. The van der Waals surface area contributed by atoms with Gasteiger partial charge in [0.15, 0.2) is 0 Å². The van der Waals surface area contributed by atoms with Gasteiger partial charge in [0.25, 0.3) is 5.91 Å². The maximum Gasteiger partial charge on any atom is 0.251 e. The molecule has 0 aromatic rings. The first-order chi connectivity index (χ1) is 7.24. The van der Waals surface area contributed by atoms with Crippen LogP contribution in [0.5, 0.6) is 0 Å². The minimum absolute atomic E-state index is 0. The quantitative estimate of drug-likeness (QED) is 0.815. The summed E-state index contributed by atoms with van der Waals surface area (Å²) in [4.78, 5) is 14.0. The Bertz CT molecular complexity index is 210. The third-order valence-corrected chi connectivity index (χ3v) is 3.11. The molecule has 1 saturated heterocycles. The Hall–Kier alpha value is -0.320. The van der Waals surface area contributed by atoms with Gasteiger partial charge in [0, 0.05) is 26.2 Å². The monoisotopic (exact) mass is 250 g/mol.